The van der Waals surface area contributed by atoms with Crippen LogP contribution >= 0.6 is 0 Å². The van der Waals surface area contributed by atoms with Crippen LogP contribution in [0, 0.1) is 13.8 Å². The molecule has 0 spiro atoms. The molecular weight excluding hydrogens is 246 g/mol. The Hall–Kier alpha value is -1.77. The first-order valence-corrected chi connectivity index (χ1v) is 7.67. The van der Waals surface area contributed by atoms with Crippen molar-refractivity contribution >= 4 is 5.82 Å². The van der Waals surface area contributed by atoms with Crippen molar-refractivity contribution in [2.45, 2.75) is 45.4 Å². The number of nitrogens with one attached hydrogen (secondary N) is 1. The molecule has 104 valence electrons. The first-order chi connectivity index (χ1) is 9.74. The Morgan fingerprint density at radius 2 is 2.10 bits per heavy atom. The number of nitrogens with zero attached hydrogens (tertiary/aromatic N) is 2. The SMILES string of the molecule is Cc1ccc(-n2nc(C3CCC3)c3c2NCC3)c(C)c1. The second kappa shape index (κ2) is 4.37. The van der Waals surface area contributed by atoms with Gasteiger partial charge >= 0.3 is 0 Å². The highest BCUT2D eigenvalue weighted by atomic mass is 15.3. The van der Waals surface area contributed by atoms with Crippen LogP contribution in [0.4, 0.5) is 5.82 Å². The molecule has 0 amide bonds. The third-order valence-corrected chi connectivity index (χ3v) is 4.75. The molecule has 2 aliphatic rings. The number of aryl methyl sites for hydroxylation is 2. The van der Waals surface area contributed by atoms with Gasteiger partial charge in [0, 0.05) is 18.0 Å². The van der Waals surface area contributed by atoms with Gasteiger partial charge in [0.05, 0.1) is 11.4 Å². The normalized spacial score (nSPS) is 17.7. The van der Waals surface area contributed by atoms with Crippen molar-refractivity contribution in [1.29, 1.82) is 0 Å². The molecule has 2 aromatic rings. The van der Waals surface area contributed by atoms with Gasteiger partial charge in [-0.25, -0.2) is 4.68 Å². The summed E-state index contributed by atoms with van der Waals surface area (Å²) in [7, 11) is 0. The maximum absolute atomic E-state index is 4.97. The molecular formula is C17H21N3. The second-order valence-corrected chi connectivity index (χ2v) is 6.22. The summed E-state index contributed by atoms with van der Waals surface area (Å²) in [6, 6.07) is 6.61. The summed E-state index contributed by atoms with van der Waals surface area (Å²) in [6.07, 6.45) is 5.13. The van der Waals surface area contributed by atoms with Crippen molar-refractivity contribution in [2.75, 3.05) is 11.9 Å². The van der Waals surface area contributed by atoms with Gasteiger partial charge in [-0.05, 0) is 44.7 Å². The largest absolute Gasteiger partial charge is 0.369 e. The molecule has 1 aliphatic carbocycles. The Morgan fingerprint density at radius 1 is 1.25 bits per heavy atom. The van der Waals surface area contributed by atoms with Crippen LogP contribution < -0.4 is 5.32 Å². The van der Waals surface area contributed by atoms with Gasteiger partial charge in [0.2, 0.25) is 0 Å². The molecule has 0 saturated heterocycles. The number of hydrogen-bond acceptors (Lipinski definition) is 2. The van der Waals surface area contributed by atoms with Crippen LogP contribution in [0.3, 0.4) is 0 Å². The van der Waals surface area contributed by atoms with E-state index in [1.54, 1.807) is 0 Å². The standard InChI is InChI=1S/C17H21N3/c1-11-6-7-15(12(2)10-11)20-17-14(8-9-18-17)16(19-20)13-4-3-5-13/h6-7,10,13,18H,3-5,8-9H2,1-2H3. The van der Waals surface area contributed by atoms with Crippen LogP contribution in [-0.2, 0) is 6.42 Å². The number of aromatic nitrogens is 2. The molecule has 4 rings (SSSR count). The molecule has 1 N–H and O–H groups in total. The first-order valence-electron chi connectivity index (χ1n) is 7.67. The predicted octanol–water partition coefficient (Wildman–Crippen LogP) is 3.72. The quantitative estimate of drug-likeness (QED) is 0.898. The summed E-state index contributed by atoms with van der Waals surface area (Å²) in [4.78, 5) is 0. The summed E-state index contributed by atoms with van der Waals surface area (Å²) < 4.78 is 2.14. The third kappa shape index (κ3) is 1.69. The van der Waals surface area contributed by atoms with E-state index in [0.29, 0.717) is 5.92 Å². The van der Waals surface area contributed by atoms with E-state index in [4.69, 9.17) is 5.10 Å². The van der Waals surface area contributed by atoms with Gasteiger partial charge in [-0.1, -0.05) is 24.1 Å². The molecule has 2 heterocycles. The minimum Gasteiger partial charge on any atom is -0.369 e. The van der Waals surface area contributed by atoms with Crippen molar-refractivity contribution in [3.8, 4) is 5.69 Å². The van der Waals surface area contributed by atoms with Crippen LogP contribution in [0.1, 0.15) is 47.6 Å². The summed E-state index contributed by atoms with van der Waals surface area (Å²) in [5.41, 5.74) is 6.64. The number of hydrogen-bond donors (Lipinski definition) is 1. The third-order valence-electron chi connectivity index (χ3n) is 4.75. The zero-order valence-corrected chi connectivity index (χ0v) is 12.2. The lowest BCUT2D eigenvalue weighted by Gasteiger charge is -2.24. The number of fused-ring (bicyclic) bond motifs is 1. The molecule has 20 heavy (non-hydrogen) atoms. The molecule has 0 unspecified atom stereocenters. The van der Waals surface area contributed by atoms with Crippen LogP contribution in [0.25, 0.3) is 5.69 Å². The van der Waals surface area contributed by atoms with E-state index in [1.165, 1.54) is 53.2 Å². The lowest BCUT2D eigenvalue weighted by molar-refractivity contribution is 0.407. The van der Waals surface area contributed by atoms with Gasteiger partial charge < -0.3 is 5.32 Å². The van der Waals surface area contributed by atoms with Gasteiger partial charge in [-0.3, -0.25) is 0 Å². The fourth-order valence-electron chi connectivity index (χ4n) is 3.43. The van der Waals surface area contributed by atoms with E-state index < -0.39 is 0 Å². The molecule has 1 fully saturated rings. The minimum absolute atomic E-state index is 0.704. The van der Waals surface area contributed by atoms with Crippen LogP contribution in [0.5, 0.6) is 0 Å². The summed E-state index contributed by atoms with van der Waals surface area (Å²) in [6.45, 7) is 5.37. The molecule has 1 aromatic carbocycles. The van der Waals surface area contributed by atoms with E-state index in [0.717, 1.165) is 13.0 Å². The van der Waals surface area contributed by atoms with E-state index in [2.05, 4.69) is 42.0 Å². The summed E-state index contributed by atoms with van der Waals surface area (Å²) >= 11 is 0. The molecule has 1 aromatic heterocycles. The Kier molecular flexibility index (Phi) is 2.62. The van der Waals surface area contributed by atoms with Gasteiger partial charge in [-0.2, -0.15) is 5.10 Å². The van der Waals surface area contributed by atoms with Crippen molar-refractivity contribution in [2.24, 2.45) is 0 Å². The van der Waals surface area contributed by atoms with Crippen molar-refractivity contribution in [3.63, 3.8) is 0 Å². The van der Waals surface area contributed by atoms with Gasteiger partial charge in [-0.15, -0.1) is 0 Å². The number of rotatable bonds is 2. The van der Waals surface area contributed by atoms with Crippen molar-refractivity contribution in [1.82, 2.24) is 9.78 Å². The molecule has 3 nitrogen and oxygen atoms in total. The Morgan fingerprint density at radius 3 is 2.80 bits per heavy atom. The fraction of sp³-hybridized carbons (Fsp3) is 0.471. The van der Waals surface area contributed by atoms with Gasteiger partial charge in [0.25, 0.3) is 0 Å². The van der Waals surface area contributed by atoms with Crippen LogP contribution in [-0.4, -0.2) is 16.3 Å². The molecule has 0 radical (unpaired) electrons. The van der Waals surface area contributed by atoms with E-state index in [9.17, 15) is 0 Å². The average Bonchev–Trinajstić information content (AvgIpc) is 2.91. The molecule has 0 bridgehead atoms. The van der Waals surface area contributed by atoms with Crippen LogP contribution in [0.15, 0.2) is 18.2 Å². The highest BCUT2D eigenvalue weighted by Crippen LogP contribution is 2.41. The molecule has 1 aliphatic heterocycles. The first kappa shape index (κ1) is 12.0. The van der Waals surface area contributed by atoms with E-state index >= 15 is 0 Å². The minimum atomic E-state index is 0.704. The number of anilines is 1. The van der Waals surface area contributed by atoms with Crippen molar-refractivity contribution < 1.29 is 0 Å². The highest BCUT2D eigenvalue weighted by Gasteiger charge is 2.30. The predicted molar refractivity (Wildman–Crippen MR) is 81.8 cm³/mol. The Balaban J connectivity index is 1.85. The van der Waals surface area contributed by atoms with E-state index in [1.807, 2.05) is 0 Å². The molecule has 0 atom stereocenters. The lowest BCUT2D eigenvalue weighted by Crippen LogP contribution is -2.13. The maximum atomic E-state index is 4.97. The average molecular weight is 267 g/mol. The number of benzene rings is 1. The van der Waals surface area contributed by atoms with E-state index in [-0.39, 0.29) is 0 Å². The topological polar surface area (TPSA) is 29.9 Å². The second-order valence-electron chi connectivity index (χ2n) is 6.22. The Labute approximate surface area is 120 Å². The lowest BCUT2D eigenvalue weighted by atomic mass is 9.81. The summed E-state index contributed by atoms with van der Waals surface area (Å²) in [5.74, 6) is 1.94. The highest BCUT2D eigenvalue weighted by molar-refractivity contribution is 5.59. The molecule has 3 heteroatoms. The molecule has 1 saturated carbocycles. The monoisotopic (exact) mass is 267 g/mol. The zero-order chi connectivity index (χ0) is 13.7. The maximum Gasteiger partial charge on any atom is 0.133 e. The Bertz CT molecular complexity index is 665. The smallest absolute Gasteiger partial charge is 0.133 e. The fourth-order valence-corrected chi connectivity index (χ4v) is 3.43. The summed E-state index contributed by atoms with van der Waals surface area (Å²) in [5, 5.41) is 8.50. The van der Waals surface area contributed by atoms with Gasteiger partial charge in [0.1, 0.15) is 5.82 Å². The van der Waals surface area contributed by atoms with Gasteiger partial charge in [0.15, 0.2) is 0 Å². The zero-order valence-electron chi connectivity index (χ0n) is 12.2. The van der Waals surface area contributed by atoms with Crippen molar-refractivity contribution in [3.05, 3.63) is 40.6 Å². The van der Waals surface area contributed by atoms with Crippen LogP contribution in [0.2, 0.25) is 0 Å².